The van der Waals surface area contributed by atoms with E-state index in [0.29, 0.717) is 53.7 Å². The van der Waals surface area contributed by atoms with Crippen LogP contribution in [0.1, 0.15) is 32.1 Å². The van der Waals surface area contributed by atoms with E-state index in [2.05, 4.69) is 40.7 Å². The summed E-state index contributed by atoms with van der Waals surface area (Å²) in [6.07, 6.45) is 8.21. The summed E-state index contributed by atoms with van der Waals surface area (Å²) in [6, 6.07) is 10.1. The number of benzene rings is 2. The van der Waals surface area contributed by atoms with Gasteiger partial charge in [0.25, 0.3) is 0 Å². The van der Waals surface area contributed by atoms with Crippen molar-refractivity contribution in [2.24, 2.45) is 0 Å². The molecule has 0 radical (unpaired) electrons. The molecule has 2 saturated heterocycles. The Morgan fingerprint density at radius 3 is 2.66 bits per heavy atom. The molecule has 3 aromatic heterocycles. The number of anilines is 1. The van der Waals surface area contributed by atoms with E-state index in [1.165, 1.54) is 12.3 Å². The summed E-state index contributed by atoms with van der Waals surface area (Å²) in [5, 5.41) is 15.9. The van der Waals surface area contributed by atoms with Crippen LogP contribution in [0.15, 0.2) is 48.9 Å². The van der Waals surface area contributed by atoms with Crippen molar-refractivity contribution in [1.82, 2.24) is 40.1 Å². The SMILES string of the molecule is Fc1c(-c2cccc3cccc(F)c23)ncc2c(NCCCn3cnnn3)nc(OCC34CCCN3CCC4)nc12. The predicted octanol–water partition coefficient (Wildman–Crippen LogP) is 4.62. The summed E-state index contributed by atoms with van der Waals surface area (Å²) < 4.78 is 39.1. The topological polar surface area (TPSA) is 107 Å². The van der Waals surface area contributed by atoms with Gasteiger partial charge in [-0.15, -0.1) is 5.10 Å². The van der Waals surface area contributed by atoms with E-state index in [4.69, 9.17) is 4.74 Å². The lowest BCUT2D eigenvalue weighted by Gasteiger charge is -2.31. The predicted molar refractivity (Wildman–Crippen MR) is 149 cm³/mol. The number of hydrogen-bond acceptors (Lipinski definition) is 9. The largest absolute Gasteiger partial charge is 0.461 e. The van der Waals surface area contributed by atoms with Gasteiger partial charge in [0.15, 0.2) is 5.82 Å². The lowest BCUT2D eigenvalue weighted by molar-refractivity contribution is 0.108. The van der Waals surface area contributed by atoms with Crippen LogP contribution in [0.4, 0.5) is 14.6 Å². The number of tetrazole rings is 1. The van der Waals surface area contributed by atoms with Gasteiger partial charge < -0.3 is 10.1 Å². The zero-order valence-electron chi connectivity index (χ0n) is 22.4. The van der Waals surface area contributed by atoms with Gasteiger partial charge in [0.2, 0.25) is 0 Å². The minimum absolute atomic E-state index is 0.0137. The molecule has 0 amide bonds. The van der Waals surface area contributed by atoms with Crippen LogP contribution < -0.4 is 10.1 Å². The molecule has 2 aliphatic heterocycles. The Bertz CT molecular complexity index is 1700. The van der Waals surface area contributed by atoms with E-state index in [-0.39, 0.29) is 22.8 Å². The molecule has 1 N–H and O–H groups in total. The number of nitrogens with one attached hydrogen (secondary N) is 1. The van der Waals surface area contributed by atoms with Crippen LogP contribution in [0, 0.1) is 11.6 Å². The summed E-state index contributed by atoms with van der Waals surface area (Å²) in [5.41, 5.74) is 0.450. The molecular formula is C29H29F2N9O. The van der Waals surface area contributed by atoms with Gasteiger partial charge in [-0.3, -0.25) is 9.88 Å². The molecule has 0 saturated carbocycles. The fraction of sp³-hybridized carbons (Fsp3) is 0.379. The molecular weight excluding hydrogens is 528 g/mol. The number of hydrogen-bond donors (Lipinski definition) is 1. The molecule has 5 aromatic rings. The van der Waals surface area contributed by atoms with Crippen LogP contribution in [0.3, 0.4) is 0 Å². The standard InChI is InChI=1S/C29H29F2N9O/c30-22-9-2-7-19-6-1-8-20(23(19)22)25-24(31)26-21(16-33-25)27(32-12-5-15-40-18-34-37-38-40)36-28(35-26)41-17-29-10-3-13-39(29)14-4-11-29/h1-2,6-9,16,18H,3-5,10-15,17H2,(H,32,35,36). The molecule has 0 bridgehead atoms. The maximum absolute atomic E-state index is 16.3. The highest BCUT2D eigenvalue weighted by Crippen LogP contribution is 2.39. The minimum Gasteiger partial charge on any atom is -0.461 e. The van der Waals surface area contributed by atoms with Gasteiger partial charge in [0.1, 0.15) is 35.8 Å². The van der Waals surface area contributed by atoms with Gasteiger partial charge in [-0.2, -0.15) is 9.97 Å². The Hall–Kier alpha value is -4.32. The Balaban J connectivity index is 1.26. The van der Waals surface area contributed by atoms with Gasteiger partial charge in [0.05, 0.1) is 10.9 Å². The highest BCUT2D eigenvalue weighted by molar-refractivity contribution is 5.99. The zero-order chi connectivity index (χ0) is 27.8. The minimum atomic E-state index is -0.649. The number of nitrogens with zero attached hydrogens (tertiary/aromatic N) is 8. The van der Waals surface area contributed by atoms with E-state index < -0.39 is 11.6 Å². The van der Waals surface area contributed by atoms with Crippen molar-refractivity contribution in [2.45, 2.75) is 44.2 Å². The molecule has 0 atom stereocenters. The molecule has 210 valence electrons. The fourth-order valence-electron chi connectivity index (χ4n) is 6.31. The summed E-state index contributed by atoms with van der Waals surface area (Å²) in [6.45, 7) is 3.73. The quantitative estimate of drug-likeness (QED) is 0.260. The van der Waals surface area contributed by atoms with Crippen molar-refractivity contribution in [3.05, 3.63) is 60.6 Å². The first-order valence-corrected chi connectivity index (χ1v) is 14.0. The van der Waals surface area contributed by atoms with Crippen molar-refractivity contribution in [3.8, 4) is 17.3 Å². The molecule has 2 aromatic carbocycles. The summed E-state index contributed by atoms with van der Waals surface area (Å²) in [4.78, 5) is 16.1. The molecule has 0 unspecified atom stereocenters. The van der Waals surface area contributed by atoms with E-state index in [0.717, 1.165) is 38.8 Å². The van der Waals surface area contributed by atoms with Crippen LogP contribution in [-0.2, 0) is 6.54 Å². The fourth-order valence-corrected chi connectivity index (χ4v) is 6.31. The summed E-state index contributed by atoms with van der Waals surface area (Å²) >= 11 is 0. The monoisotopic (exact) mass is 557 g/mol. The number of aryl methyl sites for hydroxylation is 1. The van der Waals surface area contributed by atoms with Gasteiger partial charge >= 0.3 is 6.01 Å². The molecule has 12 heteroatoms. The maximum Gasteiger partial charge on any atom is 0.319 e. The highest BCUT2D eigenvalue weighted by Gasteiger charge is 2.45. The third-order valence-electron chi connectivity index (χ3n) is 8.30. The third kappa shape index (κ3) is 4.71. The van der Waals surface area contributed by atoms with E-state index in [9.17, 15) is 4.39 Å². The van der Waals surface area contributed by atoms with E-state index in [1.807, 2.05) is 0 Å². The Morgan fingerprint density at radius 1 is 1.02 bits per heavy atom. The van der Waals surface area contributed by atoms with Gasteiger partial charge in [0, 0.05) is 30.2 Å². The molecule has 7 rings (SSSR count). The lowest BCUT2D eigenvalue weighted by atomic mass is 9.95. The van der Waals surface area contributed by atoms with Gasteiger partial charge in [-0.05, 0) is 67.1 Å². The Morgan fingerprint density at radius 2 is 1.85 bits per heavy atom. The second-order valence-corrected chi connectivity index (χ2v) is 10.7. The van der Waals surface area contributed by atoms with Crippen molar-refractivity contribution in [3.63, 3.8) is 0 Å². The average Bonchev–Trinajstić information content (AvgIpc) is 3.73. The average molecular weight is 558 g/mol. The van der Waals surface area contributed by atoms with Crippen LogP contribution in [0.2, 0.25) is 0 Å². The third-order valence-corrected chi connectivity index (χ3v) is 8.30. The normalized spacial score (nSPS) is 16.4. The summed E-state index contributed by atoms with van der Waals surface area (Å²) in [5.74, 6) is -0.660. The second-order valence-electron chi connectivity index (χ2n) is 10.7. The number of halogens is 2. The summed E-state index contributed by atoms with van der Waals surface area (Å²) in [7, 11) is 0. The first-order valence-electron chi connectivity index (χ1n) is 14.0. The molecule has 2 aliphatic rings. The van der Waals surface area contributed by atoms with Crippen molar-refractivity contribution in [2.75, 3.05) is 31.6 Å². The van der Waals surface area contributed by atoms with E-state index in [1.54, 1.807) is 41.3 Å². The molecule has 2 fully saturated rings. The smallest absolute Gasteiger partial charge is 0.319 e. The van der Waals surface area contributed by atoms with Gasteiger partial charge in [-0.1, -0.05) is 30.3 Å². The van der Waals surface area contributed by atoms with Crippen molar-refractivity contribution < 1.29 is 13.5 Å². The van der Waals surface area contributed by atoms with Crippen LogP contribution in [0.25, 0.3) is 32.9 Å². The second kappa shape index (κ2) is 10.6. The van der Waals surface area contributed by atoms with E-state index >= 15 is 4.39 Å². The van der Waals surface area contributed by atoms with Crippen LogP contribution in [-0.4, -0.2) is 71.8 Å². The first-order chi connectivity index (χ1) is 20.1. The number of aromatic nitrogens is 7. The van der Waals surface area contributed by atoms with Crippen molar-refractivity contribution in [1.29, 1.82) is 0 Å². The molecule has 0 spiro atoms. The maximum atomic E-state index is 16.3. The lowest BCUT2D eigenvalue weighted by Crippen LogP contribution is -2.43. The zero-order valence-corrected chi connectivity index (χ0v) is 22.4. The molecule has 41 heavy (non-hydrogen) atoms. The van der Waals surface area contributed by atoms with Crippen molar-refractivity contribution >= 4 is 27.5 Å². The molecule has 10 nitrogen and oxygen atoms in total. The molecule has 0 aliphatic carbocycles. The number of ether oxygens (including phenoxy) is 1. The number of rotatable bonds is 9. The number of fused-ring (bicyclic) bond motifs is 3. The Kier molecular flexibility index (Phi) is 6.62. The Labute approximate surface area is 234 Å². The van der Waals surface area contributed by atoms with Crippen LogP contribution in [0.5, 0.6) is 6.01 Å². The molecule has 5 heterocycles. The van der Waals surface area contributed by atoms with Gasteiger partial charge in [-0.25, -0.2) is 13.5 Å². The first kappa shape index (κ1) is 25.6. The van der Waals surface area contributed by atoms with Crippen LogP contribution >= 0.6 is 0 Å². The highest BCUT2D eigenvalue weighted by atomic mass is 19.1. The number of pyridine rings is 1.